The van der Waals surface area contributed by atoms with Gasteiger partial charge in [-0.1, -0.05) is 30.3 Å². The minimum absolute atomic E-state index is 0.0603. The monoisotopic (exact) mass is 411 g/mol. The van der Waals surface area contributed by atoms with Crippen molar-refractivity contribution in [1.82, 2.24) is 5.32 Å². The molecule has 4 nitrogen and oxygen atoms in total. The van der Waals surface area contributed by atoms with Gasteiger partial charge in [-0.15, -0.1) is 0 Å². The number of fused-ring (bicyclic) bond motifs is 1. The summed E-state index contributed by atoms with van der Waals surface area (Å²) in [7, 11) is 0. The second-order valence-corrected chi connectivity index (χ2v) is 10.9. The molecule has 0 saturated heterocycles. The molecule has 0 radical (unpaired) electrons. The number of hydrogen-bond donors (Lipinski definition) is 1. The van der Waals surface area contributed by atoms with Crippen molar-refractivity contribution in [2.75, 3.05) is 0 Å². The molecule has 2 aromatic carbocycles. The Balaban J connectivity index is 0.986. The number of amides is 1. The van der Waals surface area contributed by atoms with Crippen LogP contribution in [0.4, 0.5) is 0 Å². The van der Waals surface area contributed by atoms with Gasteiger partial charge >= 0.3 is 0 Å². The van der Waals surface area contributed by atoms with Gasteiger partial charge in [-0.2, -0.15) is 0 Å². The van der Waals surface area contributed by atoms with Gasteiger partial charge in [0.1, 0.15) is 17.6 Å². The van der Waals surface area contributed by atoms with Gasteiger partial charge in [0.2, 0.25) is 5.91 Å². The summed E-state index contributed by atoms with van der Waals surface area (Å²) < 4.78 is 5.81. The van der Waals surface area contributed by atoms with Gasteiger partial charge in [0.25, 0.3) is 0 Å². The molecule has 6 aliphatic carbocycles. The second-order valence-electron chi connectivity index (χ2n) is 10.9. The van der Waals surface area contributed by atoms with Gasteiger partial charge in [-0.25, -0.2) is 0 Å². The maximum atomic E-state index is 13.3. The van der Waals surface area contributed by atoms with Crippen molar-refractivity contribution in [1.29, 1.82) is 0 Å². The first-order valence-electron chi connectivity index (χ1n) is 11.8. The average Bonchev–Trinajstić information content (AvgIpc) is 3.42. The van der Waals surface area contributed by atoms with E-state index in [2.05, 4.69) is 54.7 Å². The van der Waals surface area contributed by atoms with Crippen molar-refractivity contribution in [3.8, 4) is 16.9 Å². The number of carbonyl (C=O) groups excluding carboxylic acids is 2. The van der Waals surface area contributed by atoms with Gasteiger partial charge in [0.05, 0.1) is 5.41 Å². The molecule has 31 heavy (non-hydrogen) atoms. The zero-order valence-corrected chi connectivity index (χ0v) is 17.5. The highest BCUT2D eigenvalue weighted by atomic mass is 16.5. The second kappa shape index (κ2) is 5.23. The summed E-state index contributed by atoms with van der Waals surface area (Å²) >= 11 is 0. The fraction of sp³-hybridized carbons (Fsp3) is 0.481. The van der Waals surface area contributed by atoms with Gasteiger partial charge < -0.3 is 10.1 Å². The van der Waals surface area contributed by atoms with E-state index in [1.165, 1.54) is 23.1 Å². The van der Waals surface area contributed by atoms with Crippen molar-refractivity contribution in [3.63, 3.8) is 0 Å². The Kier molecular flexibility index (Phi) is 2.87. The van der Waals surface area contributed by atoms with Crippen molar-refractivity contribution >= 4 is 11.7 Å². The van der Waals surface area contributed by atoms with E-state index < -0.39 is 0 Å². The van der Waals surface area contributed by atoms with E-state index in [-0.39, 0.29) is 29.3 Å². The summed E-state index contributed by atoms with van der Waals surface area (Å²) in [5, 5.41) is 3.22. The van der Waals surface area contributed by atoms with Crippen LogP contribution < -0.4 is 10.1 Å². The van der Waals surface area contributed by atoms with Crippen LogP contribution in [0.5, 0.6) is 5.75 Å². The zero-order chi connectivity index (χ0) is 20.6. The molecule has 0 spiro atoms. The maximum Gasteiger partial charge on any atom is 0.227 e. The molecule has 9 atom stereocenters. The molecule has 1 amide bonds. The van der Waals surface area contributed by atoms with E-state index in [1.54, 1.807) is 0 Å². The number of ketones is 1. The summed E-state index contributed by atoms with van der Waals surface area (Å²) in [5.41, 5.74) is 4.45. The van der Waals surface area contributed by atoms with Gasteiger partial charge in [0, 0.05) is 24.8 Å². The minimum atomic E-state index is -0.312. The fourth-order valence-electron chi connectivity index (χ4n) is 9.17. The minimum Gasteiger partial charge on any atom is -0.490 e. The molecule has 1 aliphatic heterocycles. The van der Waals surface area contributed by atoms with Gasteiger partial charge in [-0.05, 0) is 77.3 Å². The van der Waals surface area contributed by atoms with Crippen LogP contribution in [-0.4, -0.2) is 17.8 Å². The molecule has 9 rings (SSSR count). The third-order valence-corrected chi connectivity index (χ3v) is 9.89. The standard InChI is InChI=1S/C27H25NO3/c1-12-8-16-9-15(6-7-19(16)31-12)14-4-2-13(3-5-14)11-28-26(30)27-22-18-10-17-20(22)24(27)25(29)21(17)23(18)27/h2-7,9,12,17-18,20-24H,8,10-11H2,1H3,(H,28,30). The molecule has 156 valence electrons. The molecule has 7 aliphatic rings. The molecular formula is C27H25NO3. The van der Waals surface area contributed by atoms with Crippen LogP contribution in [0.1, 0.15) is 24.5 Å². The SMILES string of the molecule is CC1Cc2cc(-c3ccc(CNC(=O)C45C6C(=O)C7C8CC(C74)C5C86)cc3)ccc2O1. The predicted molar refractivity (Wildman–Crippen MR) is 114 cm³/mol. The van der Waals surface area contributed by atoms with Crippen LogP contribution in [-0.2, 0) is 22.6 Å². The summed E-state index contributed by atoms with van der Waals surface area (Å²) in [6, 6.07) is 14.9. The van der Waals surface area contributed by atoms with Crippen molar-refractivity contribution < 1.29 is 14.3 Å². The smallest absolute Gasteiger partial charge is 0.227 e. The first-order valence-corrected chi connectivity index (χ1v) is 11.8. The van der Waals surface area contributed by atoms with Crippen LogP contribution in [0.3, 0.4) is 0 Å². The van der Waals surface area contributed by atoms with Crippen molar-refractivity contribution in [3.05, 3.63) is 53.6 Å². The number of ether oxygens (including phenoxy) is 1. The van der Waals surface area contributed by atoms with Crippen molar-refractivity contribution in [2.24, 2.45) is 46.8 Å². The number of hydrogen-bond acceptors (Lipinski definition) is 3. The molecule has 4 heteroatoms. The molecule has 6 fully saturated rings. The molecular weight excluding hydrogens is 386 g/mol. The van der Waals surface area contributed by atoms with E-state index in [9.17, 15) is 9.59 Å². The Morgan fingerprint density at radius 3 is 2.71 bits per heavy atom. The summed E-state index contributed by atoms with van der Waals surface area (Å²) in [4.78, 5) is 26.0. The van der Waals surface area contributed by atoms with Gasteiger partial charge in [0.15, 0.2) is 0 Å². The number of carbonyl (C=O) groups is 2. The lowest BCUT2D eigenvalue weighted by atomic mass is 9.31. The number of Topliss-reactive ketones (excluding diaryl/α,β-unsaturated/α-hetero) is 1. The highest BCUT2D eigenvalue weighted by Gasteiger charge is 2.96. The Morgan fingerprint density at radius 1 is 1.10 bits per heavy atom. The van der Waals surface area contributed by atoms with E-state index in [0.717, 1.165) is 17.7 Å². The quantitative estimate of drug-likeness (QED) is 0.836. The number of benzene rings is 2. The molecule has 1 N–H and O–H groups in total. The average molecular weight is 412 g/mol. The molecule has 9 unspecified atom stereocenters. The van der Waals surface area contributed by atoms with Crippen LogP contribution in [0.15, 0.2) is 42.5 Å². The Labute approximate surface area is 181 Å². The third kappa shape index (κ3) is 1.72. The zero-order valence-electron chi connectivity index (χ0n) is 17.5. The maximum absolute atomic E-state index is 13.3. The van der Waals surface area contributed by atoms with Crippen LogP contribution >= 0.6 is 0 Å². The topological polar surface area (TPSA) is 55.4 Å². The first kappa shape index (κ1) is 17.0. The van der Waals surface area contributed by atoms with Gasteiger partial charge in [-0.3, -0.25) is 9.59 Å². The largest absolute Gasteiger partial charge is 0.490 e. The van der Waals surface area contributed by atoms with Crippen molar-refractivity contribution in [2.45, 2.75) is 32.4 Å². The predicted octanol–water partition coefficient (Wildman–Crippen LogP) is 3.62. The molecule has 0 aromatic heterocycles. The molecule has 2 aromatic rings. The van der Waals surface area contributed by atoms with Crippen LogP contribution in [0.25, 0.3) is 11.1 Å². The molecule has 4 bridgehead atoms. The number of rotatable bonds is 4. The van der Waals surface area contributed by atoms with E-state index in [1.807, 2.05) is 0 Å². The van der Waals surface area contributed by atoms with E-state index in [0.29, 0.717) is 41.9 Å². The lowest BCUT2D eigenvalue weighted by Crippen LogP contribution is -2.75. The van der Waals surface area contributed by atoms with E-state index >= 15 is 0 Å². The van der Waals surface area contributed by atoms with Crippen LogP contribution in [0.2, 0.25) is 0 Å². The highest BCUT2D eigenvalue weighted by Crippen LogP contribution is 2.92. The molecule has 6 saturated carbocycles. The summed E-state index contributed by atoms with van der Waals surface area (Å²) in [6.45, 7) is 2.64. The lowest BCUT2D eigenvalue weighted by molar-refractivity contribution is -0.248. The Hall–Kier alpha value is -2.62. The van der Waals surface area contributed by atoms with E-state index in [4.69, 9.17) is 4.74 Å². The summed E-state index contributed by atoms with van der Waals surface area (Å²) in [5.74, 6) is 4.64. The number of nitrogens with one attached hydrogen (secondary N) is 1. The Morgan fingerprint density at radius 2 is 1.90 bits per heavy atom. The fourth-order valence-corrected chi connectivity index (χ4v) is 9.17. The molecule has 1 heterocycles. The first-order chi connectivity index (χ1) is 15.1. The van der Waals surface area contributed by atoms with Crippen LogP contribution in [0, 0.1) is 46.8 Å². The Bertz CT molecular complexity index is 1190. The highest BCUT2D eigenvalue weighted by molar-refractivity contribution is 6.04. The third-order valence-electron chi connectivity index (χ3n) is 9.89. The lowest BCUT2D eigenvalue weighted by Gasteiger charge is -2.70. The normalized spacial score (nSPS) is 43.5. The summed E-state index contributed by atoms with van der Waals surface area (Å²) in [6.07, 6.45) is 2.44.